The Bertz CT molecular complexity index is 1090. The molecule has 3 aromatic rings. The summed E-state index contributed by atoms with van der Waals surface area (Å²) < 4.78 is 12.3. The Morgan fingerprint density at radius 1 is 0.909 bits per heavy atom. The normalized spacial score (nSPS) is 23.1. The average molecular weight is 462 g/mol. The van der Waals surface area contributed by atoms with Crippen LogP contribution in [0.2, 0.25) is 0 Å². The highest BCUT2D eigenvalue weighted by atomic mass is 32.2. The quantitative estimate of drug-likeness (QED) is 0.399. The van der Waals surface area contributed by atoms with Crippen molar-refractivity contribution < 1.29 is 19.1 Å². The molecule has 0 bridgehead atoms. The van der Waals surface area contributed by atoms with Gasteiger partial charge in [-0.05, 0) is 38.1 Å². The Labute approximate surface area is 198 Å². The topological polar surface area (TPSA) is 78.6 Å². The molecule has 33 heavy (non-hydrogen) atoms. The first-order valence-corrected chi connectivity index (χ1v) is 11.8. The predicted molar refractivity (Wildman–Crippen MR) is 129 cm³/mol. The molecule has 6 heteroatoms. The summed E-state index contributed by atoms with van der Waals surface area (Å²) in [5.74, 6) is -1.35. The molecule has 0 spiro atoms. The maximum absolute atomic E-state index is 13.6. The molecule has 2 N–H and O–H groups in total. The van der Waals surface area contributed by atoms with Crippen LogP contribution in [-0.4, -0.2) is 35.4 Å². The third-order valence-electron chi connectivity index (χ3n) is 5.67. The zero-order chi connectivity index (χ0) is 23.4. The highest BCUT2D eigenvalue weighted by Crippen LogP contribution is 2.41. The van der Waals surface area contributed by atoms with E-state index in [1.165, 1.54) is 11.8 Å². The van der Waals surface area contributed by atoms with Crippen molar-refractivity contribution in [2.45, 2.75) is 42.4 Å². The van der Waals surface area contributed by atoms with E-state index in [1.54, 1.807) is 36.4 Å². The van der Waals surface area contributed by atoms with Crippen LogP contribution in [0, 0.1) is 12.8 Å². The van der Waals surface area contributed by atoms with E-state index in [0.29, 0.717) is 11.1 Å². The van der Waals surface area contributed by atoms with Crippen LogP contribution in [0.4, 0.5) is 0 Å². The Hall–Kier alpha value is -2.93. The van der Waals surface area contributed by atoms with Crippen LogP contribution >= 0.6 is 11.8 Å². The number of rotatable bonds is 7. The second-order valence-corrected chi connectivity index (χ2v) is 9.42. The minimum absolute atomic E-state index is 0.143. The second kappa shape index (κ2) is 10.3. The van der Waals surface area contributed by atoms with Gasteiger partial charge < -0.3 is 15.2 Å². The molecule has 1 aliphatic heterocycles. The number of carbonyl (C=O) groups excluding carboxylic acids is 2. The fourth-order valence-electron chi connectivity index (χ4n) is 3.96. The number of aryl methyl sites for hydroxylation is 1. The number of benzene rings is 3. The molecule has 1 fully saturated rings. The van der Waals surface area contributed by atoms with E-state index in [2.05, 4.69) is 0 Å². The molecule has 0 radical (unpaired) electrons. The van der Waals surface area contributed by atoms with Crippen LogP contribution in [0.15, 0.2) is 89.8 Å². The average Bonchev–Trinajstić information content (AvgIpc) is 3.19. The van der Waals surface area contributed by atoms with Crippen LogP contribution in [0.3, 0.4) is 0 Å². The van der Waals surface area contributed by atoms with E-state index in [0.717, 1.165) is 10.5 Å². The highest BCUT2D eigenvalue weighted by Gasteiger charge is 2.52. The van der Waals surface area contributed by atoms with Crippen molar-refractivity contribution in [2.75, 3.05) is 0 Å². The zero-order valence-electron chi connectivity index (χ0n) is 18.6. The zero-order valence-corrected chi connectivity index (χ0v) is 19.4. The molecule has 4 rings (SSSR count). The molecule has 0 aliphatic carbocycles. The lowest BCUT2D eigenvalue weighted by molar-refractivity contribution is 0.0143. The van der Waals surface area contributed by atoms with Crippen molar-refractivity contribution in [1.29, 1.82) is 0 Å². The molecule has 1 heterocycles. The first kappa shape index (κ1) is 23.2. The number of nitrogens with two attached hydrogens (primary N) is 1. The van der Waals surface area contributed by atoms with Gasteiger partial charge in [0.1, 0.15) is 5.44 Å². The van der Waals surface area contributed by atoms with Crippen molar-refractivity contribution in [3.8, 4) is 0 Å². The van der Waals surface area contributed by atoms with Crippen molar-refractivity contribution in [1.82, 2.24) is 0 Å². The maximum Gasteiger partial charge on any atom is 0.338 e. The number of carbonyl (C=O) groups is 2. The maximum atomic E-state index is 13.6. The van der Waals surface area contributed by atoms with Crippen LogP contribution in [-0.2, 0) is 9.47 Å². The smallest absolute Gasteiger partial charge is 0.338 e. The first-order chi connectivity index (χ1) is 15.9. The summed E-state index contributed by atoms with van der Waals surface area (Å²) >= 11 is 1.44. The summed E-state index contributed by atoms with van der Waals surface area (Å²) in [6, 6.07) is 25.4. The van der Waals surface area contributed by atoms with Crippen LogP contribution in [0.25, 0.3) is 0 Å². The summed E-state index contributed by atoms with van der Waals surface area (Å²) in [6.45, 7) is 3.83. The standard InChI is InChI=1S/C27H27NO4S/c1-17-13-15-21(16-14-17)33-27-25(31-26(30)20-11-7-4-8-12-20)22(24(32-27)18(2)28)23(29)19-9-5-3-6-10-19/h3-16,18,22,24-25,27H,28H2,1-2H3/t18-,22?,24?,25?,27?/m0/s1. The highest BCUT2D eigenvalue weighted by molar-refractivity contribution is 7.99. The van der Waals surface area contributed by atoms with Crippen molar-refractivity contribution in [3.63, 3.8) is 0 Å². The molecule has 4 unspecified atom stereocenters. The van der Waals surface area contributed by atoms with Gasteiger partial charge in [-0.3, -0.25) is 4.79 Å². The van der Waals surface area contributed by atoms with E-state index in [4.69, 9.17) is 15.2 Å². The molecule has 5 atom stereocenters. The summed E-state index contributed by atoms with van der Waals surface area (Å²) in [6.07, 6.45) is -1.39. The minimum Gasteiger partial charge on any atom is -0.454 e. The van der Waals surface area contributed by atoms with E-state index in [1.807, 2.05) is 62.4 Å². The number of hydrogen-bond acceptors (Lipinski definition) is 6. The molecular weight excluding hydrogens is 434 g/mol. The van der Waals surface area contributed by atoms with Crippen LogP contribution < -0.4 is 5.73 Å². The van der Waals surface area contributed by atoms with E-state index < -0.39 is 35.6 Å². The predicted octanol–water partition coefficient (Wildman–Crippen LogP) is 4.88. The second-order valence-electron chi connectivity index (χ2n) is 8.25. The fraction of sp³-hybridized carbons (Fsp3) is 0.259. The molecular formula is C27H27NO4S. The number of esters is 1. The van der Waals surface area contributed by atoms with Crippen LogP contribution in [0.1, 0.15) is 33.2 Å². The molecule has 5 nitrogen and oxygen atoms in total. The Kier molecular flexibility index (Phi) is 7.28. The lowest BCUT2D eigenvalue weighted by Gasteiger charge is -2.24. The van der Waals surface area contributed by atoms with Crippen molar-refractivity contribution in [2.24, 2.45) is 11.7 Å². The molecule has 0 amide bonds. The number of thioether (sulfide) groups is 1. The van der Waals surface area contributed by atoms with Gasteiger partial charge in [-0.2, -0.15) is 0 Å². The summed E-state index contributed by atoms with van der Waals surface area (Å²) in [5, 5.41) is 0. The van der Waals surface area contributed by atoms with Crippen molar-refractivity contribution in [3.05, 3.63) is 102 Å². The summed E-state index contributed by atoms with van der Waals surface area (Å²) in [5.41, 5.74) is 7.79. The lowest BCUT2D eigenvalue weighted by Crippen LogP contribution is -2.43. The Morgan fingerprint density at radius 2 is 1.48 bits per heavy atom. The SMILES string of the molecule is Cc1ccc(SC2OC([C@H](C)N)C(C(=O)c3ccccc3)C2OC(=O)c2ccccc2)cc1. The van der Waals surface area contributed by atoms with E-state index >= 15 is 0 Å². The van der Waals surface area contributed by atoms with Gasteiger partial charge in [-0.25, -0.2) is 4.79 Å². The van der Waals surface area contributed by atoms with Gasteiger partial charge >= 0.3 is 5.97 Å². The number of ketones is 1. The third-order valence-corrected chi connectivity index (χ3v) is 6.83. The van der Waals surface area contributed by atoms with Gasteiger partial charge in [-0.1, -0.05) is 78.0 Å². The molecule has 3 aromatic carbocycles. The van der Waals surface area contributed by atoms with Crippen LogP contribution in [0.5, 0.6) is 0 Å². The first-order valence-electron chi connectivity index (χ1n) is 10.9. The number of hydrogen-bond donors (Lipinski definition) is 1. The number of ether oxygens (including phenoxy) is 2. The van der Waals surface area contributed by atoms with Crippen molar-refractivity contribution >= 4 is 23.5 Å². The van der Waals surface area contributed by atoms with Gasteiger partial charge in [0.05, 0.1) is 17.6 Å². The third kappa shape index (κ3) is 5.36. The van der Waals surface area contributed by atoms with Gasteiger partial charge in [-0.15, -0.1) is 0 Å². The van der Waals surface area contributed by atoms with Gasteiger partial charge in [0.25, 0.3) is 0 Å². The molecule has 0 saturated carbocycles. The Balaban J connectivity index is 1.69. The largest absolute Gasteiger partial charge is 0.454 e. The minimum atomic E-state index is -0.798. The summed E-state index contributed by atoms with van der Waals surface area (Å²) in [7, 11) is 0. The molecule has 1 saturated heterocycles. The van der Waals surface area contributed by atoms with Gasteiger partial charge in [0.2, 0.25) is 0 Å². The molecule has 1 aliphatic rings. The van der Waals surface area contributed by atoms with Gasteiger partial charge in [0.15, 0.2) is 11.9 Å². The van der Waals surface area contributed by atoms with E-state index in [-0.39, 0.29) is 5.78 Å². The lowest BCUT2D eigenvalue weighted by atomic mass is 9.87. The Morgan fingerprint density at radius 3 is 2.06 bits per heavy atom. The monoisotopic (exact) mass is 461 g/mol. The van der Waals surface area contributed by atoms with E-state index in [9.17, 15) is 9.59 Å². The molecule has 0 aromatic heterocycles. The molecule has 170 valence electrons. The number of Topliss-reactive ketones (excluding diaryl/α,β-unsaturated/α-hetero) is 1. The van der Waals surface area contributed by atoms with Gasteiger partial charge in [0, 0.05) is 16.5 Å². The fourth-order valence-corrected chi connectivity index (χ4v) is 5.06. The summed E-state index contributed by atoms with van der Waals surface area (Å²) in [4.78, 5) is 27.6.